The van der Waals surface area contributed by atoms with Crippen molar-refractivity contribution in [2.45, 2.75) is 27.3 Å². The van der Waals surface area contributed by atoms with E-state index in [2.05, 4.69) is 4.98 Å². The van der Waals surface area contributed by atoms with Gasteiger partial charge >= 0.3 is 0 Å². The van der Waals surface area contributed by atoms with Crippen LogP contribution in [0.15, 0.2) is 6.07 Å². The number of nitrogens with two attached hydrogens (primary N) is 2. The molecule has 0 atom stereocenters. The van der Waals surface area contributed by atoms with E-state index in [9.17, 15) is 4.79 Å². The summed E-state index contributed by atoms with van der Waals surface area (Å²) in [6.07, 6.45) is 0. The van der Waals surface area contributed by atoms with Gasteiger partial charge in [-0.2, -0.15) is 0 Å². The minimum atomic E-state index is -0.345. The Kier molecular flexibility index (Phi) is 4.45. The number of primary amides is 1. The van der Waals surface area contributed by atoms with E-state index < -0.39 is 0 Å². The zero-order valence-electron chi connectivity index (χ0n) is 10.7. The van der Waals surface area contributed by atoms with Crippen molar-refractivity contribution in [3.63, 3.8) is 0 Å². The predicted octanol–water partition coefficient (Wildman–Crippen LogP) is 0.469. The zero-order valence-corrected chi connectivity index (χ0v) is 10.7. The number of aryl methyl sites for hydroxylation is 2. The Labute approximate surface area is 102 Å². The molecule has 0 aliphatic rings. The molecule has 0 fully saturated rings. The molecule has 94 valence electrons. The Bertz CT molecular complexity index is 417. The normalized spacial score (nSPS) is 10.4. The molecule has 17 heavy (non-hydrogen) atoms. The van der Waals surface area contributed by atoms with Gasteiger partial charge in [0.1, 0.15) is 0 Å². The highest BCUT2D eigenvalue weighted by atomic mass is 16.1. The molecular weight excluding hydrogens is 216 g/mol. The third kappa shape index (κ3) is 3.17. The number of aromatic nitrogens is 1. The summed E-state index contributed by atoms with van der Waals surface area (Å²) in [5, 5.41) is 0. The average Bonchev–Trinajstić information content (AvgIpc) is 2.24. The second-order valence-corrected chi connectivity index (χ2v) is 4.03. The van der Waals surface area contributed by atoms with Gasteiger partial charge in [0, 0.05) is 35.7 Å². The summed E-state index contributed by atoms with van der Waals surface area (Å²) < 4.78 is 0. The van der Waals surface area contributed by atoms with Crippen LogP contribution in [0.1, 0.15) is 23.9 Å². The lowest BCUT2D eigenvalue weighted by molar-refractivity contribution is -0.116. The lowest BCUT2D eigenvalue weighted by Gasteiger charge is -2.25. The van der Waals surface area contributed by atoms with E-state index in [1.54, 1.807) is 0 Å². The van der Waals surface area contributed by atoms with Crippen molar-refractivity contribution in [3.05, 3.63) is 23.0 Å². The minimum Gasteiger partial charge on any atom is -0.368 e. The van der Waals surface area contributed by atoms with Gasteiger partial charge < -0.3 is 16.4 Å². The Morgan fingerprint density at radius 1 is 1.47 bits per heavy atom. The first-order valence-corrected chi connectivity index (χ1v) is 5.70. The number of likely N-dealkylation sites (N-methyl/N-ethyl adjacent to an activating group) is 1. The molecule has 1 aromatic heterocycles. The number of anilines is 1. The van der Waals surface area contributed by atoms with Crippen LogP contribution in [0.25, 0.3) is 0 Å². The third-order valence-electron chi connectivity index (χ3n) is 2.71. The van der Waals surface area contributed by atoms with Crippen molar-refractivity contribution in [2.24, 2.45) is 11.5 Å². The number of hydrogen-bond acceptors (Lipinski definition) is 4. The van der Waals surface area contributed by atoms with Crippen LogP contribution < -0.4 is 16.4 Å². The van der Waals surface area contributed by atoms with Crippen LogP contribution in [0.4, 0.5) is 5.69 Å². The summed E-state index contributed by atoms with van der Waals surface area (Å²) in [6.45, 7) is 7.15. The maximum absolute atomic E-state index is 11.0. The molecule has 0 aromatic carbocycles. The fourth-order valence-corrected chi connectivity index (χ4v) is 1.92. The number of carbonyl (C=O) groups is 1. The summed E-state index contributed by atoms with van der Waals surface area (Å²) in [7, 11) is 0. The van der Waals surface area contributed by atoms with Crippen molar-refractivity contribution in [1.29, 1.82) is 0 Å². The standard InChI is InChI=1S/C12H20N4O/c1-4-16(7-12(14)17)11-5-8(2)15-9(3)10(11)6-13/h5H,4,6-7,13H2,1-3H3,(H2,14,17). The van der Waals surface area contributed by atoms with Gasteiger partial charge in [0.2, 0.25) is 5.91 Å². The van der Waals surface area contributed by atoms with Crippen LogP contribution in [0, 0.1) is 13.8 Å². The fourth-order valence-electron chi connectivity index (χ4n) is 1.92. The van der Waals surface area contributed by atoms with Crippen LogP contribution >= 0.6 is 0 Å². The summed E-state index contributed by atoms with van der Waals surface area (Å²) in [5.41, 5.74) is 14.7. The van der Waals surface area contributed by atoms with E-state index in [-0.39, 0.29) is 12.5 Å². The first kappa shape index (κ1) is 13.4. The van der Waals surface area contributed by atoms with Crippen molar-refractivity contribution >= 4 is 11.6 Å². The number of rotatable bonds is 5. The Morgan fingerprint density at radius 3 is 2.59 bits per heavy atom. The van der Waals surface area contributed by atoms with Crippen molar-refractivity contribution in [2.75, 3.05) is 18.0 Å². The lowest BCUT2D eigenvalue weighted by atomic mass is 10.1. The average molecular weight is 236 g/mol. The Morgan fingerprint density at radius 2 is 2.12 bits per heavy atom. The number of nitrogens with zero attached hydrogens (tertiary/aromatic N) is 2. The summed E-state index contributed by atoms with van der Waals surface area (Å²) in [5.74, 6) is -0.345. The highest BCUT2D eigenvalue weighted by molar-refractivity contribution is 5.80. The minimum absolute atomic E-state index is 0.201. The highest BCUT2D eigenvalue weighted by Gasteiger charge is 2.14. The molecule has 5 nitrogen and oxygen atoms in total. The fraction of sp³-hybridized carbons (Fsp3) is 0.500. The van der Waals surface area contributed by atoms with E-state index in [0.29, 0.717) is 13.1 Å². The molecule has 0 spiro atoms. The van der Waals surface area contributed by atoms with Crippen molar-refractivity contribution in [1.82, 2.24) is 4.98 Å². The molecule has 5 heteroatoms. The second kappa shape index (κ2) is 5.63. The topological polar surface area (TPSA) is 85.2 Å². The van der Waals surface area contributed by atoms with Gasteiger partial charge in [-0.25, -0.2) is 0 Å². The summed E-state index contributed by atoms with van der Waals surface area (Å²) >= 11 is 0. The molecule has 0 aliphatic carbocycles. The molecule has 0 bridgehead atoms. The first-order valence-electron chi connectivity index (χ1n) is 5.70. The van der Waals surface area contributed by atoms with Crippen LogP contribution in [0.3, 0.4) is 0 Å². The van der Waals surface area contributed by atoms with Gasteiger partial charge in [-0.1, -0.05) is 0 Å². The molecule has 1 aromatic rings. The maximum Gasteiger partial charge on any atom is 0.236 e. The molecular formula is C12H20N4O. The van der Waals surface area contributed by atoms with Gasteiger partial charge in [0.25, 0.3) is 0 Å². The molecule has 0 aliphatic heterocycles. The zero-order chi connectivity index (χ0) is 13.0. The number of carbonyl (C=O) groups excluding carboxylic acids is 1. The SMILES string of the molecule is CCN(CC(N)=O)c1cc(C)nc(C)c1CN. The largest absolute Gasteiger partial charge is 0.368 e. The maximum atomic E-state index is 11.0. The lowest BCUT2D eigenvalue weighted by Crippen LogP contribution is -2.34. The Balaban J connectivity index is 3.21. The quantitative estimate of drug-likeness (QED) is 0.778. The van der Waals surface area contributed by atoms with Crippen LogP contribution in [0.5, 0.6) is 0 Å². The Hall–Kier alpha value is -1.62. The van der Waals surface area contributed by atoms with Crippen molar-refractivity contribution in [3.8, 4) is 0 Å². The summed E-state index contributed by atoms with van der Waals surface area (Å²) in [4.78, 5) is 17.3. The van der Waals surface area contributed by atoms with Gasteiger partial charge in [-0.05, 0) is 26.8 Å². The smallest absolute Gasteiger partial charge is 0.236 e. The molecule has 0 unspecified atom stereocenters. The van der Waals surface area contributed by atoms with Crippen LogP contribution in [-0.2, 0) is 11.3 Å². The van der Waals surface area contributed by atoms with E-state index in [0.717, 1.165) is 22.6 Å². The molecule has 0 radical (unpaired) electrons. The van der Waals surface area contributed by atoms with E-state index >= 15 is 0 Å². The second-order valence-electron chi connectivity index (χ2n) is 4.03. The number of hydrogen-bond donors (Lipinski definition) is 2. The van der Waals surface area contributed by atoms with Gasteiger partial charge in [0.15, 0.2) is 0 Å². The molecule has 0 saturated heterocycles. The van der Waals surface area contributed by atoms with Crippen LogP contribution in [-0.4, -0.2) is 24.0 Å². The molecule has 1 rings (SSSR count). The van der Waals surface area contributed by atoms with E-state index in [1.807, 2.05) is 31.7 Å². The summed E-state index contributed by atoms with van der Waals surface area (Å²) in [6, 6.07) is 1.95. The molecule has 0 saturated carbocycles. The van der Waals surface area contributed by atoms with Gasteiger partial charge in [-0.3, -0.25) is 9.78 Å². The number of amides is 1. The third-order valence-corrected chi connectivity index (χ3v) is 2.71. The molecule has 1 heterocycles. The van der Waals surface area contributed by atoms with E-state index in [1.165, 1.54) is 0 Å². The molecule has 1 amide bonds. The predicted molar refractivity (Wildman–Crippen MR) is 68.7 cm³/mol. The first-order chi connectivity index (χ1) is 7.99. The highest BCUT2D eigenvalue weighted by Crippen LogP contribution is 2.23. The van der Waals surface area contributed by atoms with Crippen LogP contribution in [0.2, 0.25) is 0 Å². The van der Waals surface area contributed by atoms with Gasteiger partial charge in [0.05, 0.1) is 6.54 Å². The van der Waals surface area contributed by atoms with Gasteiger partial charge in [-0.15, -0.1) is 0 Å². The number of pyridine rings is 1. The van der Waals surface area contributed by atoms with Crippen molar-refractivity contribution < 1.29 is 4.79 Å². The van der Waals surface area contributed by atoms with E-state index in [4.69, 9.17) is 11.5 Å². The molecule has 4 N–H and O–H groups in total. The monoisotopic (exact) mass is 236 g/mol.